The van der Waals surface area contributed by atoms with Gasteiger partial charge in [0.2, 0.25) is 11.8 Å². The number of hydrogen-bond donors (Lipinski definition) is 3. The number of amides is 2. The van der Waals surface area contributed by atoms with Crippen LogP contribution in [0.2, 0.25) is 0 Å². The number of phenolic OH excluding ortho intramolecular Hbond substituents is 1. The number of carbonyl (C=O) groups is 3. The minimum absolute atomic E-state index is 0.0223. The molecule has 0 saturated carbocycles. The molecule has 2 aliphatic heterocycles. The van der Waals surface area contributed by atoms with Crippen LogP contribution in [0.4, 0.5) is 0 Å². The fourth-order valence-electron chi connectivity index (χ4n) is 5.46. The van der Waals surface area contributed by atoms with Crippen LogP contribution in [0.15, 0.2) is 66.3 Å². The SMILES string of the molecule is O=C(OC1CC(C(=O)N2CCCC2C(=O)NCCO)=CC2OCOC21)c1cccc(C=CCc2ccccc2O)c1. The van der Waals surface area contributed by atoms with Gasteiger partial charge in [-0.3, -0.25) is 9.59 Å². The van der Waals surface area contributed by atoms with E-state index < -0.39 is 30.3 Å². The number of para-hydroxylation sites is 1. The fraction of sp³-hybridized carbons (Fsp3) is 0.387. The summed E-state index contributed by atoms with van der Waals surface area (Å²) in [4.78, 5) is 40.8. The van der Waals surface area contributed by atoms with Gasteiger partial charge in [-0.2, -0.15) is 0 Å². The summed E-state index contributed by atoms with van der Waals surface area (Å²) in [5.74, 6) is -0.901. The largest absolute Gasteiger partial charge is 0.508 e. The topological polar surface area (TPSA) is 135 Å². The normalized spacial score (nSPS) is 23.7. The number of allylic oxidation sites excluding steroid dienone is 1. The van der Waals surface area contributed by atoms with Crippen LogP contribution >= 0.6 is 0 Å². The first-order chi connectivity index (χ1) is 19.9. The number of carbonyl (C=O) groups excluding carboxylic acids is 3. The summed E-state index contributed by atoms with van der Waals surface area (Å²) >= 11 is 0. The first kappa shape index (κ1) is 28.5. The summed E-state index contributed by atoms with van der Waals surface area (Å²) < 4.78 is 17.2. The smallest absolute Gasteiger partial charge is 0.338 e. The van der Waals surface area contributed by atoms with Crippen LogP contribution in [0.3, 0.4) is 0 Å². The van der Waals surface area contributed by atoms with Crippen LogP contribution in [-0.4, -0.2) is 83.7 Å². The standard InChI is InChI=1S/C31H34N2O8/c34-15-13-32-29(36)24-11-5-14-33(24)30(37)23-17-26-28(40-19-39-26)27(18-23)41-31(38)22-10-4-7-20(16-22)6-3-9-21-8-1-2-12-25(21)35/h1-4,6-8,10,12,16-17,24,26-28,34-35H,5,9,11,13-15,18-19H2,(H,32,36). The van der Waals surface area contributed by atoms with Crippen molar-refractivity contribution in [2.45, 2.75) is 50.0 Å². The van der Waals surface area contributed by atoms with Crippen molar-refractivity contribution in [1.82, 2.24) is 10.2 Å². The van der Waals surface area contributed by atoms with Crippen molar-refractivity contribution in [3.05, 3.63) is 82.9 Å². The second kappa shape index (κ2) is 13.1. The van der Waals surface area contributed by atoms with Crippen LogP contribution in [0.5, 0.6) is 5.75 Å². The third kappa shape index (κ3) is 6.67. The summed E-state index contributed by atoms with van der Waals surface area (Å²) in [6.45, 7) is 0.408. The number of hydrogen-bond acceptors (Lipinski definition) is 8. The van der Waals surface area contributed by atoms with E-state index in [2.05, 4.69) is 5.32 Å². The Hall–Kier alpha value is -3.99. The minimum Gasteiger partial charge on any atom is -0.508 e. The van der Waals surface area contributed by atoms with Crippen molar-refractivity contribution in [2.75, 3.05) is 26.5 Å². The number of ether oxygens (including phenoxy) is 3. The number of benzene rings is 2. The summed E-state index contributed by atoms with van der Waals surface area (Å²) in [6, 6.07) is 13.5. The molecule has 0 aromatic heterocycles. The number of nitrogens with one attached hydrogen (secondary N) is 1. The molecule has 4 atom stereocenters. The zero-order chi connectivity index (χ0) is 28.8. The van der Waals surface area contributed by atoms with Crippen molar-refractivity contribution < 1.29 is 38.8 Å². The Bertz CT molecular complexity index is 1340. The molecule has 3 N–H and O–H groups in total. The van der Waals surface area contributed by atoms with Crippen molar-refractivity contribution in [2.24, 2.45) is 0 Å². The molecule has 5 rings (SSSR count). The summed E-state index contributed by atoms with van der Waals surface area (Å²) in [7, 11) is 0. The third-order valence-corrected chi connectivity index (χ3v) is 7.52. The molecule has 10 heteroatoms. The maximum absolute atomic E-state index is 13.5. The van der Waals surface area contributed by atoms with Crippen molar-refractivity contribution in [3.63, 3.8) is 0 Å². The molecule has 0 bridgehead atoms. The molecule has 2 aromatic rings. The predicted molar refractivity (Wildman–Crippen MR) is 149 cm³/mol. The minimum atomic E-state index is -0.747. The molecule has 2 saturated heterocycles. The maximum Gasteiger partial charge on any atom is 0.338 e. The number of nitrogens with zero attached hydrogens (tertiary/aromatic N) is 1. The van der Waals surface area contributed by atoms with Gasteiger partial charge in [0.05, 0.1) is 12.2 Å². The van der Waals surface area contributed by atoms with Gasteiger partial charge >= 0.3 is 5.97 Å². The Morgan fingerprint density at radius 1 is 1.12 bits per heavy atom. The van der Waals surface area contributed by atoms with Gasteiger partial charge in [0.15, 0.2) is 0 Å². The van der Waals surface area contributed by atoms with Gasteiger partial charge in [-0.15, -0.1) is 0 Å². The number of likely N-dealkylation sites (tertiary alicyclic amines) is 1. The van der Waals surface area contributed by atoms with Gasteiger partial charge in [-0.1, -0.05) is 42.5 Å². The highest BCUT2D eigenvalue weighted by molar-refractivity contribution is 5.98. The zero-order valence-electron chi connectivity index (χ0n) is 22.6. The zero-order valence-corrected chi connectivity index (χ0v) is 22.6. The first-order valence-corrected chi connectivity index (χ1v) is 13.8. The van der Waals surface area contributed by atoms with E-state index in [1.165, 1.54) is 0 Å². The van der Waals surface area contributed by atoms with E-state index in [0.717, 1.165) is 11.1 Å². The average molecular weight is 563 g/mol. The lowest BCUT2D eigenvalue weighted by Gasteiger charge is -2.32. The number of rotatable bonds is 9. The van der Waals surface area contributed by atoms with E-state index in [-0.39, 0.29) is 43.9 Å². The fourth-order valence-corrected chi connectivity index (χ4v) is 5.46. The van der Waals surface area contributed by atoms with E-state index in [1.54, 1.807) is 41.3 Å². The van der Waals surface area contributed by atoms with Crippen LogP contribution in [-0.2, 0) is 30.2 Å². The lowest BCUT2D eigenvalue weighted by Crippen LogP contribution is -2.49. The van der Waals surface area contributed by atoms with Gasteiger partial charge in [0.25, 0.3) is 0 Å². The Morgan fingerprint density at radius 3 is 2.80 bits per heavy atom. The summed E-state index contributed by atoms with van der Waals surface area (Å²) in [6.07, 6.45) is 5.56. The lowest BCUT2D eigenvalue weighted by atomic mass is 9.91. The Balaban J connectivity index is 1.25. The van der Waals surface area contributed by atoms with Crippen LogP contribution in [0.25, 0.3) is 6.08 Å². The monoisotopic (exact) mass is 562 g/mol. The Morgan fingerprint density at radius 2 is 1.98 bits per heavy atom. The van der Waals surface area contributed by atoms with Crippen molar-refractivity contribution in [3.8, 4) is 5.75 Å². The summed E-state index contributed by atoms with van der Waals surface area (Å²) in [5.41, 5.74) is 2.37. The number of esters is 1. The summed E-state index contributed by atoms with van der Waals surface area (Å²) in [5, 5.41) is 21.6. The van der Waals surface area contributed by atoms with E-state index in [0.29, 0.717) is 36.9 Å². The van der Waals surface area contributed by atoms with E-state index in [1.807, 2.05) is 30.4 Å². The second-order valence-electron chi connectivity index (χ2n) is 10.3. The molecule has 10 nitrogen and oxygen atoms in total. The number of fused-ring (bicyclic) bond motifs is 1. The molecule has 2 amide bonds. The molecule has 3 aliphatic rings. The predicted octanol–water partition coefficient (Wildman–Crippen LogP) is 2.34. The Labute approximate surface area is 238 Å². The van der Waals surface area contributed by atoms with E-state index in [4.69, 9.17) is 19.3 Å². The van der Waals surface area contributed by atoms with Crippen molar-refractivity contribution >= 4 is 23.9 Å². The number of aliphatic hydroxyl groups is 1. The molecule has 41 heavy (non-hydrogen) atoms. The van der Waals surface area contributed by atoms with E-state index >= 15 is 0 Å². The molecular weight excluding hydrogens is 528 g/mol. The van der Waals surface area contributed by atoms with Crippen LogP contribution in [0, 0.1) is 0 Å². The highest BCUT2D eigenvalue weighted by Gasteiger charge is 2.44. The quantitative estimate of drug-likeness (QED) is 0.397. The van der Waals surface area contributed by atoms with Gasteiger partial charge < -0.3 is 34.6 Å². The molecule has 1 aliphatic carbocycles. The highest BCUT2D eigenvalue weighted by atomic mass is 16.7. The van der Waals surface area contributed by atoms with Gasteiger partial charge in [0.1, 0.15) is 36.9 Å². The van der Waals surface area contributed by atoms with Crippen LogP contribution < -0.4 is 5.32 Å². The number of aromatic hydroxyl groups is 1. The third-order valence-electron chi connectivity index (χ3n) is 7.52. The first-order valence-electron chi connectivity index (χ1n) is 13.8. The molecule has 0 radical (unpaired) electrons. The molecule has 2 fully saturated rings. The molecule has 4 unspecified atom stereocenters. The van der Waals surface area contributed by atoms with E-state index in [9.17, 15) is 19.5 Å². The second-order valence-corrected chi connectivity index (χ2v) is 10.3. The molecule has 2 aromatic carbocycles. The Kier molecular flexibility index (Phi) is 9.13. The number of aliphatic hydroxyl groups excluding tert-OH is 1. The molecule has 2 heterocycles. The maximum atomic E-state index is 13.5. The van der Waals surface area contributed by atoms with Crippen LogP contribution in [0.1, 0.15) is 40.7 Å². The lowest BCUT2D eigenvalue weighted by molar-refractivity contribution is -0.136. The number of phenols is 1. The highest BCUT2D eigenvalue weighted by Crippen LogP contribution is 2.33. The molecular formula is C31H34N2O8. The molecule has 216 valence electrons. The van der Waals surface area contributed by atoms with Gasteiger partial charge in [-0.05, 0) is 54.7 Å². The van der Waals surface area contributed by atoms with Gasteiger partial charge in [-0.25, -0.2) is 4.79 Å². The van der Waals surface area contributed by atoms with Gasteiger partial charge in [0, 0.05) is 25.1 Å². The molecule has 0 spiro atoms. The average Bonchev–Trinajstić information content (AvgIpc) is 3.67. The van der Waals surface area contributed by atoms with Crippen molar-refractivity contribution in [1.29, 1.82) is 0 Å².